The molecular formula is C21H19ClN2O. The topological polar surface area (TPSA) is 36.1 Å². The molecule has 126 valence electrons. The Hall–Kier alpha value is -2.26. The van der Waals surface area contributed by atoms with Crippen molar-refractivity contribution in [2.75, 3.05) is 6.54 Å². The van der Waals surface area contributed by atoms with Crippen molar-refractivity contribution in [3.8, 4) is 0 Å². The molecule has 3 aromatic rings. The number of para-hydroxylation sites is 1. The summed E-state index contributed by atoms with van der Waals surface area (Å²) in [4.78, 5) is 18.5. The van der Waals surface area contributed by atoms with Crippen molar-refractivity contribution in [1.29, 1.82) is 0 Å². The summed E-state index contributed by atoms with van der Waals surface area (Å²) in [6, 6.07) is 16.3. The van der Waals surface area contributed by atoms with Crippen molar-refractivity contribution < 1.29 is 4.79 Å². The van der Waals surface area contributed by atoms with Crippen molar-refractivity contribution in [3.63, 3.8) is 0 Å². The number of benzene rings is 2. The van der Waals surface area contributed by atoms with Gasteiger partial charge in [-0.2, -0.15) is 0 Å². The maximum Gasteiger partial charge on any atom is 0.226 e. The molecule has 1 aromatic heterocycles. The first-order valence-corrected chi connectivity index (χ1v) is 9.22. The predicted molar refractivity (Wildman–Crippen MR) is 99.7 cm³/mol. The molecule has 0 bridgehead atoms. The van der Waals surface area contributed by atoms with Crippen molar-refractivity contribution in [2.45, 2.75) is 25.3 Å². The summed E-state index contributed by atoms with van der Waals surface area (Å²) in [5.41, 5.74) is 4.85. The molecule has 0 unspecified atom stereocenters. The summed E-state index contributed by atoms with van der Waals surface area (Å²) in [6.45, 7) is 1.51. The molecule has 1 aliphatic heterocycles. The maximum atomic E-state index is 13.0. The first-order valence-electron chi connectivity index (χ1n) is 8.84. The fraction of sp³-hybridized carbons (Fsp3) is 0.286. The van der Waals surface area contributed by atoms with Crippen LogP contribution >= 0.6 is 11.6 Å². The second-order valence-electron chi connectivity index (χ2n) is 7.11. The van der Waals surface area contributed by atoms with Crippen LogP contribution in [0.4, 0.5) is 0 Å². The quantitative estimate of drug-likeness (QED) is 0.725. The van der Waals surface area contributed by atoms with Gasteiger partial charge in [-0.15, -0.1) is 0 Å². The van der Waals surface area contributed by atoms with Crippen LogP contribution in [0.5, 0.6) is 0 Å². The third-order valence-electron chi connectivity index (χ3n) is 5.61. The largest absolute Gasteiger partial charge is 0.358 e. The Morgan fingerprint density at radius 2 is 1.92 bits per heavy atom. The number of carbonyl (C=O) groups is 1. The molecule has 2 heterocycles. The van der Waals surface area contributed by atoms with Crippen LogP contribution < -0.4 is 0 Å². The Balaban J connectivity index is 1.37. The molecule has 5 rings (SSSR count). The van der Waals surface area contributed by atoms with E-state index in [0.29, 0.717) is 6.54 Å². The van der Waals surface area contributed by atoms with Gasteiger partial charge in [0.15, 0.2) is 0 Å². The molecule has 0 spiro atoms. The molecule has 25 heavy (non-hydrogen) atoms. The van der Waals surface area contributed by atoms with E-state index >= 15 is 0 Å². The van der Waals surface area contributed by atoms with E-state index in [-0.39, 0.29) is 17.7 Å². The molecule has 4 heteroatoms. The monoisotopic (exact) mass is 350 g/mol. The van der Waals surface area contributed by atoms with Gasteiger partial charge in [0.05, 0.1) is 0 Å². The van der Waals surface area contributed by atoms with E-state index in [0.717, 1.165) is 30.0 Å². The number of H-pyrrole nitrogens is 1. The molecule has 2 aromatic carbocycles. The zero-order chi connectivity index (χ0) is 17.0. The highest BCUT2D eigenvalue weighted by Crippen LogP contribution is 2.50. The van der Waals surface area contributed by atoms with Gasteiger partial charge in [0.1, 0.15) is 0 Å². The van der Waals surface area contributed by atoms with Crippen molar-refractivity contribution >= 4 is 28.4 Å². The van der Waals surface area contributed by atoms with Gasteiger partial charge in [-0.3, -0.25) is 4.79 Å². The fourth-order valence-electron chi connectivity index (χ4n) is 4.18. The first kappa shape index (κ1) is 15.0. The third kappa shape index (κ3) is 2.46. The first-order chi connectivity index (χ1) is 12.2. The molecule has 2 aliphatic rings. The number of hydrogen-bond donors (Lipinski definition) is 1. The summed E-state index contributed by atoms with van der Waals surface area (Å²) in [5, 5.41) is 2.02. The van der Waals surface area contributed by atoms with Gasteiger partial charge >= 0.3 is 0 Å². The Kier molecular flexibility index (Phi) is 3.39. The van der Waals surface area contributed by atoms with Gasteiger partial charge in [0, 0.05) is 52.6 Å². The summed E-state index contributed by atoms with van der Waals surface area (Å²) < 4.78 is 0. The van der Waals surface area contributed by atoms with Gasteiger partial charge < -0.3 is 9.88 Å². The lowest BCUT2D eigenvalue weighted by molar-refractivity contribution is -0.133. The van der Waals surface area contributed by atoms with Crippen LogP contribution in [0, 0.1) is 5.92 Å². The summed E-state index contributed by atoms with van der Waals surface area (Å²) in [6.07, 6.45) is 1.82. The second-order valence-corrected chi connectivity index (χ2v) is 7.51. The van der Waals surface area contributed by atoms with Crippen LogP contribution in [0.2, 0.25) is 5.02 Å². The lowest BCUT2D eigenvalue weighted by Gasteiger charge is -2.27. The average molecular weight is 351 g/mol. The van der Waals surface area contributed by atoms with Crippen LogP contribution in [-0.4, -0.2) is 22.3 Å². The molecule has 0 saturated heterocycles. The zero-order valence-corrected chi connectivity index (χ0v) is 14.6. The lowest BCUT2D eigenvalue weighted by Crippen LogP contribution is -2.37. The highest BCUT2D eigenvalue weighted by atomic mass is 35.5. The molecule has 1 N–H and O–H groups in total. The van der Waals surface area contributed by atoms with E-state index in [1.54, 1.807) is 0 Å². The molecule has 0 radical (unpaired) electrons. The number of amides is 1. The third-order valence-corrected chi connectivity index (χ3v) is 5.95. The maximum absolute atomic E-state index is 13.0. The standard InChI is InChI=1S/C21H19ClN2O/c22-18-7-3-1-5-13(18)15-11-16(15)21(25)24-10-9-20-17(12-24)14-6-2-4-8-19(14)23-20/h1-8,15-16,23H,9-12H2/t15-,16-/m0/s1. The molecule has 1 amide bonds. The molecular weight excluding hydrogens is 332 g/mol. The Labute approximate surface area is 151 Å². The number of fused-ring (bicyclic) bond motifs is 3. The highest BCUT2D eigenvalue weighted by molar-refractivity contribution is 6.31. The van der Waals surface area contributed by atoms with Gasteiger partial charge in [0.25, 0.3) is 0 Å². The Bertz CT molecular complexity index is 977. The molecule has 1 saturated carbocycles. The number of halogens is 1. The highest BCUT2D eigenvalue weighted by Gasteiger charge is 2.46. The minimum atomic E-state index is 0.0895. The molecule has 2 atom stereocenters. The number of aromatic nitrogens is 1. The van der Waals surface area contributed by atoms with Crippen molar-refractivity contribution in [2.24, 2.45) is 5.92 Å². The Morgan fingerprint density at radius 1 is 1.12 bits per heavy atom. The summed E-state index contributed by atoms with van der Waals surface area (Å²) >= 11 is 6.30. The van der Waals surface area contributed by atoms with Crippen molar-refractivity contribution in [1.82, 2.24) is 9.88 Å². The average Bonchev–Trinajstić information content (AvgIpc) is 3.34. The van der Waals surface area contributed by atoms with E-state index in [1.807, 2.05) is 35.2 Å². The van der Waals surface area contributed by atoms with E-state index < -0.39 is 0 Å². The second kappa shape index (κ2) is 5.63. The summed E-state index contributed by atoms with van der Waals surface area (Å²) in [7, 11) is 0. The van der Waals surface area contributed by atoms with Crippen LogP contribution in [0.3, 0.4) is 0 Å². The smallest absolute Gasteiger partial charge is 0.226 e. The SMILES string of the molecule is O=C([C@H]1C[C@H]1c1ccccc1Cl)N1CCc2[nH]c3ccccc3c2C1. The number of aromatic amines is 1. The fourth-order valence-corrected chi connectivity index (χ4v) is 4.45. The van der Waals surface area contributed by atoms with E-state index in [1.165, 1.54) is 22.2 Å². The van der Waals surface area contributed by atoms with Crippen LogP contribution in [0.25, 0.3) is 10.9 Å². The molecule has 3 nitrogen and oxygen atoms in total. The normalized spacial score (nSPS) is 22.0. The van der Waals surface area contributed by atoms with Gasteiger partial charge in [-0.25, -0.2) is 0 Å². The predicted octanol–water partition coefficient (Wildman–Crippen LogP) is 4.51. The van der Waals surface area contributed by atoms with Crippen LogP contribution in [-0.2, 0) is 17.8 Å². The van der Waals surface area contributed by atoms with Gasteiger partial charge in [-0.1, -0.05) is 48.0 Å². The Morgan fingerprint density at radius 3 is 2.80 bits per heavy atom. The minimum absolute atomic E-state index is 0.0895. The van der Waals surface area contributed by atoms with E-state index in [9.17, 15) is 4.79 Å². The van der Waals surface area contributed by atoms with Crippen LogP contribution in [0.15, 0.2) is 48.5 Å². The van der Waals surface area contributed by atoms with Crippen LogP contribution in [0.1, 0.15) is 29.2 Å². The van der Waals surface area contributed by atoms with E-state index in [2.05, 4.69) is 23.2 Å². The number of nitrogens with one attached hydrogen (secondary N) is 1. The lowest BCUT2D eigenvalue weighted by atomic mass is 10.0. The zero-order valence-electron chi connectivity index (χ0n) is 13.8. The number of hydrogen-bond acceptors (Lipinski definition) is 1. The van der Waals surface area contributed by atoms with Gasteiger partial charge in [0.2, 0.25) is 5.91 Å². The van der Waals surface area contributed by atoms with Crippen molar-refractivity contribution in [3.05, 3.63) is 70.4 Å². The number of nitrogens with zero attached hydrogens (tertiary/aromatic N) is 1. The summed E-state index contributed by atoms with van der Waals surface area (Å²) in [5.74, 6) is 0.651. The molecule has 1 aliphatic carbocycles. The molecule has 1 fully saturated rings. The van der Waals surface area contributed by atoms with E-state index in [4.69, 9.17) is 11.6 Å². The minimum Gasteiger partial charge on any atom is -0.358 e. The number of carbonyl (C=O) groups excluding carboxylic acids is 1. The number of rotatable bonds is 2. The van der Waals surface area contributed by atoms with Gasteiger partial charge in [-0.05, 0) is 30.0 Å².